The smallest absolute Gasteiger partial charge is 0.266 e. The van der Waals surface area contributed by atoms with Gasteiger partial charge in [0.05, 0.1) is 16.6 Å². The van der Waals surface area contributed by atoms with Crippen molar-refractivity contribution in [1.82, 2.24) is 9.55 Å². The molecule has 0 radical (unpaired) electrons. The van der Waals surface area contributed by atoms with E-state index in [-0.39, 0.29) is 5.56 Å². The Labute approximate surface area is 185 Å². The van der Waals surface area contributed by atoms with E-state index in [0.717, 1.165) is 19.3 Å². The molecule has 4 aromatic rings. The minimum atomic E-state index is -0.0746. The number of halogens is 2. The van der Waals surface area contributed by atoms with E-state index in [0.29, 0.717) is 16.7 Å². The van der Waals surface area contributed by atoms with Gasteiger partial charge in [0.25, 0.3) is 5.56 Å². The van der Waals surface area contributed by atoms with Gasteiger partial charge in [-0.05, 0) is 83.6 Å². The second-order valence-corrected chi connectivity index (χ2v) is 8.65. The molecule has 0 fully saturated rings. The van der Waals surface area contributed by atoms with Crippen LogP contribution in [0.4, 0.5) is 0 Å². The molecule has 0 amide bonds. The predicted molar refractivity (Wildman–Crippen MR) is 128 cm³/mol. The Morgan fingerprint density at radius 1 is 0.964 bits per heavy atom. The number of hydrogen-bond donors (Lipinski definition) is 0. The first-order chi connectivity index (χ1) is 13.5. The molecular weight excluding hydrogens is 527 g/mol. The van der Waals surface area contributed by atoms with Gasteiger partial charge in [-0.15, -0.1) is 0 Å². The maximum absolute atomic E-state index is 13.3. The Bertz CT molecular complexity index is 1240. The molecule has 0 saturated carbocycles. The van der Waals surface area contributed by atoms with Gasteiger partial charge in [0, 0.05) is 8.04 Å². The zero-order valence-electron chi connectivity index (χ0n) is 15.1. The first-order valence-corrected chi connectivity index (χ1v) is 10.6. The van der Waals surface area contributed by atoms with Gasteiger partial charge in [0.1, 0.15) is 5.82 Å². The standard InChI is InChI=1S/C23H16BrIN2O/c1-15-2-4-16(5-3-15)6-13-22-26-21-12-9-18(25)14-20(21)23(28)27(22)19-10-7-17(24)8-11-19/h2-14H,1H3/b13-6+. The maximum atomic E-state index is 13.3. The molecule has 4 rings (SSSR count). The number of hydrogen-bond acceptors (Lipinski definition) is 2. The monoisotopic (exact) mass is 542 g/mol. The SMILES string of the molecule is Cc1ccc(/C=C/c2nc3ccc(I)cc3c(=O)n2-c2ccc(Br)cc2)cc1. The molecule has 0 aliphatic carbocycles. The van der Waals surface area contributed by atoms with Crippen LogP contribution in [0.25, 0.3) is 28.7 Å². The highest BCUT2D eigenvalue weighted by molar-refractivity contribution is 14.1. The van der Waals surface area contributed by atoms with Crippen LogP contribution in [0.5, 0.6) is 0 Å². The number of nitrogens with zero attached hydrogens (tertiary/aromatic N) is 2. The zero-order chi connectivity index (χ0) is 19.7. The van der Waals surface area contributed by atoms with Crippen LogP contribution in [-0.4, -0.2) is 9.55 Å². The molecule has 3 nitrogen and oxygen atoms in total. The summed E-state index contributed by atoms with van der Waals surface area (Å²) in [5.41, 5.74) is 3.68. The van der Waals surface area contributed by atoms with Crippen molar-refractivity contribution in [2.24, 2.45) is 0 Å². The molecule has 0 N–H and O–H groups in total. The Balaban J connectivity index is 1.93. The molecule has 0 saturated heterocycles. The Kier molecular flexibility index (Phi) is 5.46. The van der Waals surface area contributed by atoms with Gasteiger partial charge in [-0.3, -0.25) is 9.36 Å². The Morgan fingerprint density at radius 2 is 1.68 bits per heavy atom. The minimum absolute atomic E-state index is 0.0746. The van der Waals surface area contributed by atoms with Crippen molar-refractivity contribution >= 4 is 61.6 Å². The summed E-state index contributed by atoms with van der Waals surface area (Å²) in [6, 6.07) is 21.7. The summed E-state index contributed by atoms with van der Waals surface area (Å²) in [6.45, 7) is 2.06. The average Bonchev–Trinajstić information content (AvgIpc) is 2.69. The predicted octanol–water partition coefficient (Wildman–Crippen LogP) is 6.23. The summed E-state index contributed by atoms with van der Waals surface area (Å²) < 4.78 is 3.63. The highest BCUT2D eigenvalue weighted by atomic mass is 127. The van der Waals surface area contributed by atoms with E-state index in [1.165, 1.54) is 5.56 Å². The quantitative estimate of drug-likeness (QED) is 0.288. The summed E-state index contributed by atoms with van der Waals surface area (Å²) in [4.78, 5) is 18.1. The molecule has 28 heavy (non-hydrogen) atoms. The van der Waals surface area contributed by atoms with Crippen LogP contribution in [0.3, 0.4) is 0 Å². The zero-order valence-corrected chi connectivity index (χ0v) is 18.8. The lowest BCUT2D eigenvalue weighted by Gasteiger charge is -2.12. The van der Waals surface area contributed by atoms with Crippen molar-refractivity contribution in [3.8, 4) is 5.69 Å². The van der Waals surface area contributed by atoms with Crippen LogP contribution in [-0.2, 0) is 0 Å². The minimum Gasteiger partial charge on any atom is -0.268 e. The third-order valence-corrected chi connectivity index (χ3v) is 5.64. The number of fused-ring (bicyclic) bond motifs is 1. The van der Waals surface area contributed by atoms with Crippen LogP contribution in [0.1, 0.15) is 17.0 Å². The second kappa shape index (κ2) is 8.01. The van der Waals surface area contributed by atoms with Crippen molar-refractivity contribution in [3.63, 3.8) is 0 Å². The fraction of sp³-hybridized carbons (Fsp3) is 0.0435. The lowest BCUT2D eigenvalue weighted by atomic mass is 10.1. The van der Waals surface area contributed by atoms with Crippen LogP contribution in [0.15, 0.2) is 76.0 Å². The fourth-order valence-corrected chi connectivity index (χ4v) is 3.73. The molecule has 0 bridgehead atoms. The van der Waals surface area contributed by atoms with Crippen molar-refractivity contribution in [3.05, 3.63) is 102 Å². The van der Waals surface area contributed by atoms with Gasteiger partial charge in [-0.2, -0.15) is 0 Å². The molecule has 5 heteroatoms. The summed E-state index contributed by atoms with van der Waals surface area (Å²) in [5, 5.41) is 0.613. The number of benzene rings is 3. The molecule has 0 aliphatic heterocycles. The highest BCUT2D eigenvalue weighted by Gasteiger charge is 2.11. The van der Waals surface area contributed by atoms with E-state index in [2.05, 4.69) is 69.7 Å². The second-order valence-electron chi connectivity index (χ2n) is 6.49. The van der Waals surface area contributed by atoms with Crippen LogP contribution < -0.4 is 5.56 Å². The topological polar surface area (TPSA) is 34.9 Å². The van der Waals surface area contributed by atoms with Crippen LogP contribution in [0.2, 0.25) is 0 Å². The van der Waals surface area contributed by atoms with E-state index < -0.39 is 0 Å². The maximum Gasteiger partial charge on any atom is 0.266 e. The van der Waals surface area contributed by atoms with Gasteiger partial charge < -0.3 is 0 Å². The highest BCUT2D eigenvalue weighted by Crippen LogP contribution is 2.19. The van der Waals surface area contributed by atoms with E-state index >= 15 is 0 Å². The first kappa shape index (κ1) is 19.1. The summed E-state index contributed by atoms with van der Waals surface area (Å²) in [5.74, 6) is 0.599. The lowest BCUT2D eigenvalue weighted by Crippen LogP contribution is -2.22. The Hall–Kier alpha value is -2.25. The van der Waals surface area contributed by atoms with Crippen molar-refractivity contribution in [1.29, 1.82) is 0 Å². The molecule has 1 heterocycles. The van der Waals surface area contributed by atoms with Crippen molar-refractivity contribution < 1.29 is 0 Å². The van der Waals surface area contributed by atoms with Gasteiger partial charge in [0.2, 0.25) is 0 Å². The summed E-state index contributed by atoms with van der Waals surface area (Å²) >= 11 is 5.67. The fourth-order valence-electron chi connectivity index (χ4n) is 2.97. The average molecular weight is 543 g/mol. The summed E-state index contributed by atoms with van der Waals surface area (Å²) in [7, 11) is 0. The lowest BCUT2D eigenvalue weighted by molar-refractivity contribution is 0.943. The number of aromatic nitrogens is 2. The molecule has 3 aromatic carbocycles. The number of rotatable bonds is 3. The van der Waals surface area contributed by atoms with E-state index in [1.807, 2.05) is 54.6 Å². The molecule has 0 aliphatic rings. The molecule has 1 aromatic heterocycles. The van der Waals surface area contributed by atoms with E-state index in [1.54, 1.807) is 4.57 Å². The molecular formula is C23H16BrIN2O. The van der Waals surface area contributed by atoms with Crippen LogP contribution >= 0.6 is 38.5 Å². The van der Waals surface area contributed by atoms with Gasteiger partial charge >= 0.3 is 0 Å². The summed E-state index contributed by atoms with van der Waals surface area (Å²) in [6.07, 6.45) is 3.88. The third kappa shape index (κ3) is 3.95. The van der Waals surface area contributed by atoms with Gasteiger partial charge in [0.15, 0.2) is 0 Å². The molecule has 138 valence electrons. The van der Waals surface area contributed by atoms with Crippen molar-refractivity contribution in [2.45, 2.75) is 6.92 Å². The van der Waals surface area contributed by atoms with Crippen molar-refractivity contribution in [2.75, 3.05) is 0 Å². The van der Waals surface area contributed by atoms with Crippen LogP contribution in [0, 0.1) is 10.5 Å². The Morgan fingerprint density at radius 3 is 2.39 bits per heavy atom. The van der Waals surface area contributed by atoms with Gasteiger partial charge in [-0.25, -0.2) is 4.98 Å². The van der Waals surface area contributed by atoms with E-state index in [4.69, 9.17) is 4.98 Å². The van der Waals surface area contributed by atoms with E-state index in [9.17, 15) is 4.79 Å². The van der Waals surface area contributed by atoms with Gasteiger partial charge in [-0.1, -0.05) is 51.8 Å². The first-order valence-electron chi connectivity index (χ1n) is 8.74. The molecule has 0 unspecified atom stereocenters. The molecule has 0 atom stereocenters. The third-order valence-electron chi connectivity index (χ3n) is 4.44. The molecule has 0 spiro atoms. The normalized spacial score (nSPS) is 11.4. The number of aryl methyl sites for hydroxylation is 1. The largest absolute Gasteiger partial charge is 0.268 e.